The summed E-state index contributed by atoms with van der Waals surface area (Å²) in [4.78, 5) is 0. The van der Waals surface area contributed by atoms with Gasteiger partial charge in [-0.25, -0.2) is 0 Å². The Hall–Kier alpha value is -0.780. The van der Waals surface area contributed by atoms with Crippen molar-refractivity contribution in [2.75, 3.05) is 26.6 Å². The summed E-state index contributed by atoms with van der Waals surface area (Å²) in [6.45, 7) is 7.95. The Morgan fingerprint density at radius 3 is 2.95 bits per heavy atom. The number of nitrogens with one attached hydrogen (secondary N) is 1. The van der Waals surface area contributed by atoms with Crippen LogP contribution in [0.1, 0.15) is 25.8 Å². The first kappa shape index (κ1) is 15.6. The summed E-state index contributed by atoms with van der Waals surface area (Å²) < 4.78 is 17.3. The van der Waals surface area contributed by atoms with E-state index in [4.69, 9.17) is 14.2 Å². The van der Waals surface area contributed by atoms with E-state index in [1.807, 2.05) is 6.07 Å². The van der Waals surface area contributed by atoms with E-state index in [0.29, 0.717) is 12.7 Å². The second-order valence-corrected chi connectivity index (χ2v) is 6.14. The van der Waals surface area contributed by atoms with Crippen LogP contribution in [0.5, 0.6) is 11.5 Å². The minimum atomic E-state index is 0.300. The van der Waals surface area contributed by atoms with E-state index >= 15 is 0 Å². The lowest BCUT2D eigenvalue weighted by molar-refractivity contribution is 0.125. The van der Waals surface area contributed by atoms with Crippen LogP contribution in [-0.4, -0.2) is 26.6 Å². The molecule has 4 nitrogen and oxygen atoms in total. The zero-order valence-corrected chi connectivity index (χ0v) is 13.7. The highest BCUT2D eigenvalue weighted by atomic mass is 79.9. The molecule has 0 saturated heterocycles. The lowest BCUT2D eigenvalue weighted by Crippen LogP contribution is -2.19. The van der Waals surface area contributed by atoms with Crippen molar-refractivity contribution in [1.82, 2.24) is 5.32 Å². The number of benzene rings is 1. The van der Waals surface area contributed by atoms with Crippen LogP contribution < -0.4 is 14.8 Å². The minimum absolute atomic E-state index is 0.300. The topological polar surface area (TPSA) is 39.7 Å². The zero-order chi connectivity index (χ0) is 14.4. The summed E-state index contributed by atoms with van der Waals surface area (Å²) in [5.41, 5.74) is 1.17. The molecule has 0 aromatic heterocycles. The highest BCUT2D eigenvalue weighted by molar-refractivity contribution is 9.10. The van der Waals surface area contributed by atoms with E-state index < -0.39 is 0 Å². The summed E-state index contributed by atoms with van der Waals surface area (Å²) in [5, 5.41) is 3.37. The third-order valence-corrected chi connectivity index (χ3v) is 3.67. The second kappa shape index (κ2) is 7.86. The number of halogens is 1. The molecular weight excluding hydrogens is 322 g/mol. The first-order valence-electron chi connectivity index (χ1n) is 7.03. The van der Waals surface area contributed by atoms with Crippen LogP contribution >= 0.6 is 15.9 Å². The smallest absolute Gasteiger partial charge is 0.231 e. The van der Waals surface area contributed by atoms with Gasteiger partial charge in [0.05, 0.1) is 11.1 Å². The summed E-state index contributed by atoms with van der Waals surface area (Å²) in [6.07, 6.45) is 1.12. The van der Waals surface area contributed by atoms with Gasteiger partial charge in [0, 0.05) is 19.7 Å². The van der Waals surface area contributed by atoms with Gasteiger partial charge in [-0.2, -0.15) is 0 Å². The average Bonchev–Trinajstić information content (AvgIpc) is 2.86. The monoisotopic (exact) mass is 343 g/mol. The van der Waals surface area contributed by atoms with Gasteiger partial charge in [0.2, 0.25) is 6.79 Å². The predicted molar refractivity (Wildman–Crippen MR) is 82.2 cm³/mol. The van der Waals surface area contributed by atoms with Crippen LogP contribution in [0.15, 0.2) is 16.6 Å². The highest BCUT2D eigenvalue weighted by Gasteiger charge is 2.17. The number of hydrogen-bond donors (Lipinski definition) is 1. The fraction of sp³-hybridized carbons (Fsp3) is 0.600. The molecule has 1 N–H and O–H groups in total. The summed E-state index contributed by atoms with van der Waals surface area (Å²) in [7, 11) is 0. The van der Waals surface area contributed by atoms with Gasteiger partial charge in [-0.15, -0.1) is 0 Å². The Bertz CT molecular complexity index is 437. The third kappa shape index (κ3) is 4.65. The Morgan fingerprint density at radius 1 is 1.30 bits per heavy atom. The Balaban J connectivity index is 1.66. The molecule has 0 spiro atoms. The quantitative estimate of drug-likeness (QED) is 0.735. The predicted octanol–water partition coefficient (Wildman–Crippen LogP) is 3.33. The Kier molecular flexibility index (Phi) is 6.13. The molecule has 1 heterocycles. The SMILES string of the molecule is CC(C)CCOCCNCc1cc(Br)c2c(c1)OCO2. The molecule has 0 radical (unpaired) electrons. The molecule has 0 bridgehead atoms. The Morgan fingerprint density at radius 2 is 2.15 bits per heavy atom. The molecule has 1 aromatic carbocycles. The van der Waals surface area contributed by atoms with Crippen molar-refractivity contribution in [2.45, 2.75) is 26.8 Å². The van der Waals surface area contributed by atoms with Gasteiger partial charge < -0.3 is 19.5 Å². The molecule has 0 atom stereocenters. The highest BCUT2D eigenvalue weighted by Crippen LogP contribution is 2.39. The summed E-state index contributed by atoms with van der Waals surface area (Å²) >= 11 is 3.50. The van der Waals surface area contributed by atoms with E-state index in [2.05, 4.69) is 41.2 Å². The molecule has 0 fully saturated rings. The fourth-order valence-corrected chi connectivity index (χ4v) is 2.52. The maximum Gasteiger partial charge on any atom is 0.231 e. The standard InChI is InChI=1S/C15H22BrNO3/c1-11(2)3-5-18-6-4-17-9-12-7-13(16)15-14(8-12)19-10-20-15/h7-8,11,17H,3-6,9-10H2,1-2H3. The molecule has 1 aliphatic heterocycles. The fourth-order valence-electron chi connectivity index (χ4n) is 1.92. The third-order valence-electron chi connectivity index (χ3n) is 3.08. The molecule has 0 amide bonds. The van der Waals surface area contributed by atoms with Crippen molar-refractivity contribution >= 4 is 15.9 Å². The van der Waals surface area contributed by atoms with Gasteiger partial charge in [0.15, 0.2) is 11.5 Å². The minimum Gasteiger partial charge on any atom is -0.454 e. The van der Waals surface area contributed by atoms with Gasteiger partial charge >= 0.3 is 0 Å². The van der Waals surface area contributed by atoms with Crippen LogP contribution in [0, 0.1) is 5.92 Å². The number of fused-ring (bicyclic) bond motifs is 1. The Labute approximate surface area is 128 Å². The van der Waals surface area contributed by atoms with Crippen molar-refractivity contribution in [3.8, 4) is 11.5 Å². The molecule has 1 aromatic rings. The van der Waals surface area contributed by atoms with Gasteiger partial charge in [0.25, 0.3) is 0 Å². The van der Waals surface area contributed by atoms with Crippen molar-refractivity contribution in [2.24, 2.45) is 5.92 Å². The number of ether oxygens (including phenoxy) is 3. The molecule has 0 unspecified atom stereocenters. The molecule has 2 rings (SSSR count). The van der Waals surface area contributed by atoms with Crippen LogP contribution in [0.25, 0.3) is 0 Å². The zero-order valence-electron chi connectivity index (χ0n) is 12.1. The maximum absolute atomic E-state index is 5.56. The number of hydrogen-bond acceptors (Lipinski definition) is 4. The van der Waals surface area contributed by atoms with Crippen molar-refractivity contribution < 1.29 is 14.2 Å². The molecule has 1 aliphatic rings. The van der Waals surface area contributed by atoms with Crippen LogP contribution in [-0.2, 0) is 11.3 Å². The largest absolute Gasteiger partial charge is 0.454 e. The van der Waals surface area contributed by atoms with E-state index in [1.54, 1.807) is 0 Å². The van der Waals surface area contributed by atoms with Gasteiger partial charge in [-0.3, -0.25) is 0 Å². The molecule has 0 saturated carbocycles. The molecule has 112 valence electrons. The molecular formula is C15H22BrNO3. The van der Waals surface area contributed by atoms with Gasteiger partial charge in [-0.1, -0.05) is 13.8 Å². The van der Waals surface area contributed by atoms with Gasteiger partial charge in [0.1, 0.15) is 0 Å². The normalized spacial score (nSPS) is 13.2. The summed E-state index contributed by atoms with van der Waals surface area (Å²) in [6, 6.07) is 4.07. The maximum atomic E-state index is 5.56. The van der Waals surface area contributed by atoms with Crippen LogP contribution in [0.3, 0.4) is 0 Å². The number of rotatable bonds is 8. The van der Waals surface area contributed by atoms with Crippen LogP contribution in [0.4, 0.5) is 0 Å². The first-order valence-corrected chi connectivity index (χ1v) is 7.82. The van der Waals surface area contributed by atoms with Crippen molar-refractivity contribution in [3.63, 3.8) is 0 Å². The lowest BCUT2D eigenvalue weighted by atomic mass is 10.1. The van der Waals surface area contributed by atoms with Crippen LogP contribution in [0.2, 0.25) is 0 Å². The second-order valence-electron chi connectivity index (χ2n) is 5.28. The molecule has 5 heteroatoms. The van der Waals surface area contributed by atoms with E-state index in [-0.39, 0.29) is 0 Å². The molecule has 20 heavy (non-hydrogen) atoms. The van der Waals surface area contributed by atoms with E-state index in [0.717, 1.165) is 48.7 Å². The average molecular weight is 344 g/mol. The van der Waals surface area contributed by atoms with Crippen molar-refractivity contribution in [1.29, 1.82) is 0 Å². The molecule has 0 aliphatic carbocycles. The van der Waals surface area contributed by atoms with E-state index in [9.17, 15) is 0 Å². The van der Waals surface area contributed by atoms with Crippen molar-refractivity contribution in [3.05, 3.63) is 22.2 Å². The lowest BCUT2D eigenvalue weighted by Gasteiger charge is -2.09. The van der Waals surface area contributed by atoms with E-state index in [1.165, 1.54) is 5.56 Å². The van der Waals surface area contributed by atoms with Gasteiger partial charge in [-0.05, 0) is 46.0 Å². The first-order chi connectivity index (χ1) is 9.66. The summed E-state index contributed by atoms with van der Waals surface area (Å²) in [5.74, 6) is 2.31.